The van der Waals surface area contributed by atoms with E-state index in [1.807, 2.05) is 37.3 Å². The largest absolute Gasteiger partial charge is 0.348 e. The van der Waals surface area contributed by atoms with Crippen molar-refractivity contribution in [2.24, 2.45) is 12.2 Å². The second-order valence-electron chi connectivity index (χ2n) is 7.20. The van der Waals surface area contributed by atoms with Crippen LogP contribution in [0.3, 0.4) is 0 Å². The van der Waals surface area contributed by atoms with E-state index < -0.39 is 10.0 Å². The number of aryl methyl sites for hydroxylation is 2. The zero-order valence-corrected chi connectivity index (χ0v) is 17.8. The second-order valence-corrected chi connectivity index (χ2v) is 8.77. The normalized spacial score (nSPS) is 11.6. The van der Waals surface area contributed by atoms with Crippen molar-refractivity contribution in [2.45, 2.75) is 18.4 Å². The third-order valence-corrected chi connectivity index (χ3v) is 5.87. The minimum atomic E-state index is -3.82. The maximum absolute atomic E-state index is 13.1. The Hall–Kier alpha value is -3.56. The van der Waals surface area contributed by atoms with Gasteiger partial charge in [-0.25, -0.2) is 18.5 Å². The SMILES string of the molecule is Cc1nn(C)c2nc(-c3ccccc3)cc(C(=O)NCc3cccc(S(N)(=O)=O)c3)c12. The average molecular weight is 436 g/mol. The van der Waals surface area contributed by atoms with Gasteiger partial charge in [0, 0.05) is 19.2 Å². The topological polar surface area (TPSA) is 120 Å². The zero-order valence-electron chi connectivity index (χ0n) is 17.0. The number of aromatic nitrogens is 3. The van der Waals surface area contributed by atoms with Gasteiger partial charge >= 0.3 is 0 Å². The number of amides is 1. The number of rotatable bonds is 5. The number of nitrogens with one attached hydrogen (secondary N) is 1. The van der Waals surface area contributed by atoms with E-state index >= 15 is 0 Å². The number of nitrogens with zero attached hydrogens (tertiary/aromatic N) is 3. The van der Waals surface area contributed by atoms with Crippen LogP contribution in [0.25, 0.3) is 22.3 Å². The molecule has 0 fully saturated rings. The van der Waals surface area contributed by atoms with Crippen molar-refractivity contribution in [3.63, 3.8) is 0 Å². The van der Waals surface area contributed by atoms with Gasteiger partial charge < -0.3 is 5.32 Å². The van der Waals surface area contributed by atoms with Gasteiger partial charge in [0.2, 0.25) is 10.0 Å². The average Bonchev–Trinajstić information content (AvgIpc) is 3.05. The third-order valence-electron chi connectivity index (χ3n) is 4.96. The second kappa shape index (κ2) is 7.93. The highest BCUT2D eigenvalue weighted by atomic mass is 32.2. The van der Waals surface area contributed by atoms with Crippen molar-refractivity contribution >= 4 is 27.0 Å². The molecule has 4 rings (SSSR count). The van der Waals surface area contributed by atoms with Crippen molar-refractivity contribution in [2.75, 3.05) is 0 Å². The number of sulfonamides is 1. The van der Waals surface area contributed by atoms with Crippen molar-refractivity contribution in [3.8, 4) is 11.3 Å². The van der Waals surface area contributed by atoms with Gasteiger partial charge in [-0.2, -0.15) is 5.10 Å². The standard InChI is InChI=1S/C22H21N5O3S/c1-14-20-18(22(28)24-13-15-7-6-10-17(11-15)31(23,29)30)12-19(16-8-4-3-5-9-16)25-21(20)27(2)26-14/h3-12H,13H2,1-2H3,(H,24,28)(H2,23,29,30). The first-order valence-corrected chi connectivity index (χ1v) is 11.1. The zero-order chi connectivity index (χ0) is 22.2. The number of benzene rings is 2. The highest BCUT2D eigenvalue weighted by molar-refractivity contribution is 7.89. The molecule has 1 amide bonds. The summed E-state index contributed by atoms with van der Waals surface area (Å²) in [6, 6.07) is 17.5. The van der Waals surface area contributed by atoms with E-state index in [4.69, 9.17) is 10.1 Å². The van der Waals surface area contributed by atoms with Gasteiger partial charge in [-0.15, -0.1) is 0 Å². The molecular weight excluding hydrogens is 414 g/mol. The van der Waals surface area contributed by atoms with Crippen LogP contribution >= 0.6 is 0 Å². The molecular formula is C22H21N5O3S. The molecule has 0 radical (unpaired) electrons. The van der Waals surface area contributed by atoms with E-state index in [1.165, 1.54) is 12.1 Å². The molecule has 0 aliphatic heterocycles. The molecule has 0 saturated carbocycles. The van der Waals surface area contributed by atoms with Crippen LogP contribution in [-0.4, -0.2) is 29.1 Å². The van der Waals surface area contributed by atoms with Crippen LogP contribution in [0.2, 0.25) is 0 Å². The lowest BCUT2D eigenvalue weighted by molar-refractivity contribution is 0.0952. The molecule has 0 atom stereocenters. The van der Waals surface area contributed by atoms with E-state index in [2.05, 4.69) is 10.4 Å². The summed E-state index contributed by atoms with van der Waals surface area (Å²) < 4.78 is 24.8. The fourth-order valence-corrected chi connectivity index (χ4v) is 4.07. The Morgan fingerprint density at radius 1 is 1.10 bits per heavy atom. The molecule has 0 unspecified atom stereocenters. The third kappa shape index (κ3) is 4.18. The first-order valence-electron chi connectivity index (χ1n) is 9.54. The van der Waals surface area contributed by atoms with Crippen molar-refractivity contribution < 1.29 is 13.2 Å². The molecule has 0 aliphatic rings. The fourth-order valence-electron chi connectivity index (χ4n) is 3.49. The number of carbonyl (C=O) groups excluding carboxylic acids is 1. The van der Waals surface area contributed by atoms with Crippen molar-refractivity contribution in [1.29, 1.82) is 0 Å². The van der Waals surface area contributed by atoms with E-state index in [0.717, 1.165) is 5.56 Å². The summed E-state index contributed by atoms with van der Waals surface area (Å²) in [4.78, 5) is 17.8. The molecule has 2 aromatic carbocycles. The lowest BCUT2D eigenvalue weighted by Crippen LogP contribution is -2.23. The fraction of sp³-hybridized carbons (Fsp3) is 0.136. The summed E-state index contributed by atoms with van der Waals surface area (Å²) in [5, 5.41) is 13.2. The van der Waals surface area contributed by atoms with Crippen LogP contribution in [0.1, 0.15) is 21.6 Å². The van der Waals surface area contributed by atoms with Gasteiger partial charge in [-0.1, -0.05) is 42.5 Å². The lowest BCUT2D eigenvalue weighted by atomic mass is 10.0. The maximum atomic E-state index is 13.1. The summed E-state index contributed by atoms with van der Waals surface area (Å²) >= 11 is 0. The number of fused-ring (bicyclic) bond motifs is 1. The summed E-state index contributed by atoms with van der Waals surface area (Å²) in [7, 11) is -2.03. The lowest BCUT2D eigenvalue weighted by Gasteiger charge is -2.10. The van der Waals surface area contributed by atoms with Crippen LogP contribution in [0.4, 0.5) is 0 Å². The smallest absolute Gasteiger partial charge is 0.252 e. The predicted molar refractivity (Wildman–Crippen MR) is 118 cm³/mol. The van der Waals surface area contributed by atoms with E-state index in [0.29, 0.717) is 33.5 Å². The van der Waals surface area contributed by atoms with Gasteiger partial charge in [0.1, 0.15) is 0 Å². The molecule has 158 valence electrons. The van der Waals surface area contributed by atoms with E-state index in [1.54, 1.807) is 29.9 Å². The predicted octanol–water partition coefficient (Wildman–Crippen LogP) is 2.52. The van der Waals surface area contributed by atoms with Gasteiger partial charge in [0.05, 0.1) is 27.2 Å². The van der Waals surface area contributed by atoms with Crippen LogP contribution < -0.4 is 10.5 Å². The minimum Gasteiger partial charge on any atom is -0.348 e. The molecule has 3 N–H and O–H groups in total. The highest BCUT2D eigenvalue weighted by Crippen LogP contribution is 2.26. The van der Waals surface area contributed by atoms with Crippen molar-refractivity contribution in [3.05, 3.63) is 77.5 Å². The maximum Gasteiger partial charge on any atom is 0.252 e. The molecule has 2 heterocycles. The Morgan fingerprint density at radius 2 is 1.84 bits per heavy atom. The number of nitrogens with two attached hydrogens (primary N) is 1. The van der Waals surface area contributed by atoms with Crippen LogP contribution in [0.15, 0.2) is 65.6 Å². The summed E-state index contributed by atoms with van der Waals surface area (Å²) in [5.41, 5.74) is 3.94. The van der Waals surface area contributed by atoms with Crippen LogP contribution in [0, 0.1) is 6.92 Å². The molecule has 0 aliphatic carbocycles. The quantitative estimate of drug-likeness (QED) is 0.499. The van der Waals surface area contributed by atoms with Crippen LogP contribution in [-0.2, 0) is 23.6 Å². The van der Waals surface area contributed by atoms with Gasteiger partial charge in [-0.05, 0) is 30.7 Å². The molecule has 9 heteroatoms. The number of hydrogen-bond donors (Lipinski definition) is 2. The number of hydrogen-bond acceptors (Lipinski definition) is 5. The van der Waals surface area contributed by atoms with Gasteiger partial charge in [-0.3, -0.25) is 9.48 Å². The van der Waals surface area contributed by atoms with E-state index in [9.17, 15) is 13.2 Å². The Morgan fingerprint density at radius 3 is 2.55 bits per heavy atom. The van der Waals surface area contributed by atoms with Gasteiger partial charge in [0.25, 0.3) is 5.91 Å². The number of carbonyl (C=O) groups is 1. The number of pyridine rings is 1. The molecule has 0 bridgehead atoms. The number of primary sulfonamides is 1. The van der Waals surface area contributed by atoms with Gasteiger partial charge in [0.15, 0.2) is 5.65 Å². The monoisotopic (exact) mass is 435 g/mol. The van der Waals surface area contributed by atoms with Crippen molar-refractivity contribution in [1.82, 2.24) is 20.1 Å². The molecule has 0 saturated heterocycles. The first-order chi connectivity index (χ1) is 14.7. The van der Waals surface area contributed by atoms with Crippen LogP contribution in [0.5, 0.6) is 0 Å². The first kappa shape index (κ1) is 20.7. The molecule has 2 aromatic heterocycles. The molecule has 31 heavy (non-hydrogen) atoms. The highest BCUT2D eigenvalue weighted by Gasteiger charge is 2.19. The summed E-state index contributed by atoms with van der Waals surface area (Å²) in [6.07, 6.45) is 0. The molecule has 0 spiro atoms. The Kier molecular flexibility index (Phi) is 5.30. The summed E-state index contributed by atoms with van der Waals surface area (Å²) in [6.45, 7) is 1.98. The summed E-state index contributed by atoms with van der Waals surface area (Å²) in [5.74, 6) is -0.304. The molecule has 8 nitrogen and oxygen atoms in total. The molecule has 4 aromatic rings. The minimum absolute atomic E-state index is 0.0000168. The Labute approximate surface area is 179 Å². The Bertz CT molecular complexity index is 1400. The van der Waals surface area contributed by atoms with E-state index in [-0.39, 0.29) is 17.3 Å². The Balaban J connectivity index is 1.71.